The highest BCUT2D eigenvalue weighted by Crippen LogP contribution is 2.30. The molecule has 0 spiro atoms. The van der Waals surface area contributed by atoms with Crippen molar-refractivity contribution in [2.75, 3.05) is 30.8 Å². The number of hydrogen-bond donors (Lipinski definition) is 1. The summed E-state index contributed by atoms with van der Waals surface area (Å²) in [6, 6.07) is 9.59. The van der Waals surface area contributed by atoms with Crippen LogP contribution in [0.3, 0.4) is 0 Å². The number of anilines is 2. The Morgan fingerprint density at radius 1 is 1.33 bits per heavy atom. The van der Waals surface area contributed by atoms with Gasteiger partial charge >= 0.3 is 0 Å². The Hall–Kier alpha value is -2.68. The third-order valence-corrected chi connectivity index (χ3v) is 3.39. The van der Waals surface area contributed by atoms with Gasteiger partial charge in [-0.2, -0.15) is 5.26 Å². The zero-order chi connectivity index (χ0) is 15.4. The lowest BCUT2D eigenvalue weighted by atomic mass is 10.2. The third-order valence-electron chi connectivity index (χ3n) is 3.39. The molecule has 1 heterocycles. The molecule has 0 saturated carbocycles. The van der Waals surface area contributed by atoms with E-state index in [-0.39, 0.29) is 0 Å². The molecule has 0 amide bonds. The van der Waals surface area contributed by atoms with Gasteiger partial charge < -0.3 is 15.4 Å². The molecular weight excluding hydrogens is 266 g/mol. The molecule has 0 aliphatic rings. The predicted molar refractivity (Wildman–Crippen MR) is 82.8 cm³/mol. The Kier molecular flexibility index (Phi) is 4.33. The van der Waals surface area contributed by atoms with Crippen molar-refractivity contribution in [3.63, 3.8) is 0 Å². The average Bonchev–Trinajstić information content (AvgIpc) is 2.85. The normalized spacial score (nSPS) is 10.2. The van der Waals surface area contributed by atoms with Gasteiger partial charge in [-0.05, 0) is 26.0 Å². The standard InChI is InChI=1S/C15H19N5O/c1-4-19(5-2)15-11(10-16)14(17)20(18-15)12-8-6-7-9-13(12)21-3/h6-9H,4-5,17H2,1-3H3. The predicted octanol–water partition coefficient (Wildman–Crippen LogP) is 2.18. The third kappa shape index (κ3) is 2.50. The summed E-state index contributed by atoms with van der Waals surface area (Å²) >= 11 is 0. The van der Waals surface area contributed by atoms with Crippen LogP contribution in [-0.2, 0) is 0 Å². The lowest BCUT2D eigenvalue weighted by Gasteiger charge is -2.17. The van der Waals surface area contributed by atoms with Crippen LogP contribution >= 0.6 is 0 Å². The smallest absolute Gasteiger partial charge is 0.171 e. The second-order valence-corrected chi connectivity index (χ2v) is 4.45. The highest BCUT2D eigenvalue weighted by molar-refractivity contribution is 5.68. The summed E-state index contributed by atoms with van der Waals surface area (Å²) in [5, 5.41) is 13.9. The Balaban J connectivity index is 2.64. The van der Waals surface area contributed by atoms with Crippen molar-refractivity contribution >= 4 is 11.6 Å². The Labute approximate surface area is 124 Å². The Morgan fingerprint density at radius 2 is 2.00 bits per heavy atom. The zero-order valence-electron chi connectivity index (χ0n) is 12.5. The van der Waals surface area contributed by atoms with E-state index in [9.17, 15) is 5.26 Å². The van der Waals surface area contributed by atoms with Crippen LogP contribution in [0.4, 0.5) is 11.6 Å². The monoisotopic (exact) mass is 285 g/mol. The maximum absolute atomic E-state index is 9.38. The molecule has 0 saturated heterocycles. The topological polar surface area (TPSA) is 80.1 Å². The Bertz CT molecular complexity index is 667. The van der Waals surface area contributed by atoms with Crippen LogP contribution in [0.1, 0.15) is 19.4 Å². The number of para-hydroxylation sites is 2. The summed E-state index contributed by atoms with van der Waals surface area (Å²) in [6.45, 7) is 5.55. The van der Waals surface area contributed by atoms with Gasteiger partial charge in [0.05, 0.1) is 7.11 Å². The molecule has 0 radical (unpaired) electrons. The van der Waals surface area contributed by atoms with Gasteiger partial charge in [-0.25, -0.2) is 4.68 Å². The van der Waals surface area contributed by atoms with Crippen LogP contribution in [0, 0.1) is 11.3 Å². The number of nitrogens with two attached hydrogens (primary N) is 1. The number of ether oxygens (including phenoxy) is 1. The number of hydrogen-bond acceptors (Lipinski definition) is 5. The second kappa shape index (κ2) is 6.18. The molecule has 0 fully saturated rings. The zero-order valence-corrected chi connectivity index (χ0v) is 12.5. The molecule has 1 aromatic heterocycles. The number of rotatable bonds is 5. The van der Waals surface area contributed by atoms with Gasteiger partial charge in [0.15, 0.2) is 5.82 Å². The first-order chi connectivity index (χ1) is 10.2. The SMILES string of the molecule is CCN(CC)c1nn(-c2ccccc2OC)c(N)c1C#N. The van der Waals surface area contributed by atoms with E-state index < -0.39 is 0 Å². The van der Waals surface area contributed by atoms with Crippen molar-refractivity contribution < 1.29 is 4.74 Å². The number of aromatic nitrogens is 2. The lowest BCUT2D eigenvalue weighted by Crippen LogP contribution is -2.23. The lowest BCUT2D eigenvalue weighted by molar-refractivity contribution is 0.412. The molecule has 110 valence electrons. The molecule has 21 heavy (non-hydrogen) atoms. The van der Waals surface area contributed by atoms with E-state index in [0.717, 1.165) is 13.1 Å². The first-order valence-corrected chi connectivity index (χ1v) is 6.84. The van der Waals surface area contributed by atoms with Crippen LogP contribution in [0.25, 0.3) is 5.69 Å². The maximum Gasteiger partial charge on any atom is 0.171 e. The molecule has 2 rings (SSSR count). The van der Waals surface area contributed by atoms with Crippen molar-refractivity contribution in [2.45, 2.75) is 13.8 Å². The van der Waals surface area contributed by atoms with Crippen LogP contribution in [-0.4, -0.2) is 30.0 Å². The molecular formula is C15H19N5O. The van der Waals surface area contributed by atoms with Crippen LogP contribution in [0.15, 0.2) is 24.3 Å². The van der Waals surface area contributed by atoms with Gasteiger partial charge in [0.25, 0.3) is 0 Å². The summed E-state index contributed by atoms with van der Waals surface area (Å²) in [7, 11) is 1.59. The molecule has 0 bridgehead atoms. The number of nitrogens with zero attached hydrogens (tertiary/aromatic N) is 4. The summed E-state index contributed by atoms with van der Waals surface area (Å²) in [5.74, 6) is 1.58. The molecule has 0 unspecified atom stereocenters. The van der Waals surface area contributed by atoms with Crippen LogP contribution in [0.2, 0.25) is 0 Å². The minimum Gasteiger partial charge on any atom is -0.494 e. The Morgan fingerprint density at radius 3 is 2.57 bits per heavy atom. The van der Waals surface area contributed by atoms with E-state index in [2.05, 4.69) is 11.2 Å². The van der Waals surface area contributed by atoms with E-state index in [1.54, 1.807) is 11.8 Å². The van der Waals surface area contributed by atoms with Gasteiger partial charge in [-0.1, -0.05) is 12.1 Å². The van der Waals surface area contributed by atoms with Crippen LogP contribution in [0.5, 0.6) is 5.75 Å². The van der Waals surface area contributed by atoms with E-state index in [1.807, 2.05) is 43.0 Å². The molecule has 2 aromatic rings. The highest BCUT2D eigenvalue weighted by atomic mass is 16.5. The number of nitrogen functional groups attached to an aromatic ring is 1. The number of methoxy groups -OCH3 is 1. The van der Waals surface area contributed by atoms with Crippen molar-refractivity contribution in [1.29, 1.82) is 5.26 Å². The van der Waals surface area contributed by atoms with Crippen molar-refractivity contribution in [1.82, 2.24) is 9.78 Å². The number of nitriles is 1. The van der Waals surface area contributed by atoms with E-state index in [1.165, 1.54) is 0 Å². The van der Waals surface area contributed by atoms with Crippen molar-refractivity contribution in [3.05, 3.63) is 29.8 Å². The largest absolute Gasteiger partial charge is 0.494 e. The second-order valence-electron chi connectivity index (χ2n) is 4.45. The quantitative estimate of drug-likeness (QED) is 0.910. The average molecular weight is 285 g/mol. The molecule has 6 heteroatoms. The van der Waals surface area contributed by atoms with E-state index in [4.69, 9.17) is 10.5 Å². The molecule has 0 aliphatic heterocycles. The fourth-order valence-electron chi connectivity index (χ4n) is 2.26. The van der Waals surface area contributed by atoms with Gasteiger partial charge in [-0.15, -0.1) is 5.10 Å². The highest BCUT2D eigenvalue weighted by Gasteiger charge is 2.21. The van der Waals surface area contributed by atoms with E-state index in [0.29, 0.717) is 28.6 Å². The molecule has 0 atom stereocenters. The van der Waals surface area contributed by atoms with Gasteiger partial charge in [0, 0.05) is 13.1 Å². The van der Waals surface area contributed by atoms with Crippen molar-refractivity contribution in [2.24, 2.45) is 0 Å². The minimum atomic E-state index is 0.323. The summed E-state index contributed by atoms with van der Waals surface area (Å²) < 4.78 is 6.90. The molecule has 1 aromatic carbocycles. The molecule has 2 N–H and O–H groups in total. The first-order valence-electron chi connectivity index (χ1n) is 6.84. The first kappa shape index (κ1) is 14.7. The maximum atomic E-state index is 9.38. The fraction of sp³-hybridized carbons (Fsp3) is 0.333. The fourth-order valence-corrected chi connectivity index (χ4v) is 2.26. The minimum absolute atomic E-state index is 0.323. The van der Waals surface area contributed by atoms with Gasteiger partial charge in [-0.3, -0.25) is 0 Å². The van der Waals surface area contributed by atoms with E-state index >= 15 is 0 Å². The summed E-state index contributed by atoms with van der Waals surface area (Å²) in [4.78, 5) is 2.00. The summed E-state index contributed by atoms with van der Waals surface area (Å²) in [6.07, 6.45) is 0. The molecule has 0 aliphatic carbocycles. The summed E-state index contributed by atoms with van der Waals surface area (Å²) in [5.41, 5.74) is 7.22. The number of benzene rings is 1. The van der Waals surface area contributed by atoms with Crippen molar-refractivity contribution in [3.8, 4) is 17.5 Å². The van der Waals surface area contributed by atoms with Gasteiger partial charge in [0.1, 0.15) is 28.9 Å². The van der Waals surface area contributed by atoms with Crippen LogP contribution < -0.4 is 15.4 Å². The van der Waals surface area contributed by atoms with Gasteiger partial charge in [0.2, 0.25) is 0 Å². The molecule has 6 nitrogen and oxygen atoms in total.